The van der Waals surface area contributed by atoms with Crippen LogP contribution in [0.2, 0.25) is 0 Å². The summed E-state index contributed by atoms with van der Waals surface area (Å²) in [4.78, 5) is 2.40. The summed E-state index contributed by atoms with van der Waals surface area (Å²) in [6.07, 6.45) is 2.62. The van der Waals surface area contributed by atoms with E-state index in [0.717, 1.165) is 50.2 Å². The summed E-state index contributed by atoms with van der Waals surface area (Å²) in [6, 6.07) is 7.83. The molecule has 0 bridgehead atoms. The van der Waals surface area contributed by atoms with Gasteiger partial charge in [0.2, 0.25) is 0 Å². The molecule has 0 saturated carbocycles. The number of methoxy groups -OCH3 is 1. The second-order valence-electron chi connectivity index (χ2n) is 5.02. The Balaban J connectivity index is 2.24. The first-order valence-electron chi connectivity index (χ1n) is 6.78. The Morgan fingerprint density at radius 2 is 2.06 bits per heavy atom. The molecule has 1 fully saturated rings. The molecule has 0 aliphatic carbocycles. The van der Waals surface area contributed by atoms with E-state index >= 15 is 0 Å². The average molecular weight is 249 g/mol. The highest BCUT2D eigenvalue weighted by Crippen LogP contribution is 2.37. The Kier molecular flexibility index (Phi) is 4.25. The summed E-state index contributed by atoms with van der Waals surface area (Å²) in [5.74, 6) is 0.796. The van der Waals surface area contributed by atoms with Gasteiger partial charge >= 0.3 is 0 Å². The fourth-order valence-electron chi connectivity index (χ4n) is 2.79. The Morgan fingerprint density at radius 1 is 1.28 bits per heavy atom. The number of para-hydroxylation sites is 1. The molecule has 1 aromatic carbocycles. The first-order valence-corrected chi connectivity index (χ1v) is 6.78. The van der Waals surface area contributed by atoms with Crippen molar-refractivity contribution in [1.29, 1.82) is 0 Å². The minimum absolute atomic E-state index is 0.740. The summed E-state index contributed by atoms with van der Waals surface area (Å²) in [7, 11) is 1.66. The van der Waals surface area contributed by atoms with E-state index in [0.29, 0.717) is 0 Å². The van der Waals surface area contributed by atoms with Gasteiger partial charge in [0.15, 0.2) is 0 Å². The number of benzene rings is 1. The van der Waals surface area contributed by atoms with Crippen LogP contribution in [0.3, 0.4) is 0 Å². The van der Waals surface area contributed by atoms with Crippen molar-refractivity contribution in [1.82, 2.24) is 4.90 Å². The highest BCUT2D eigenvalue weighted by atomic mass is 16.5. The molecule has 1 aliphatic rings. The van der Waals surface area contributed by atoms with E-state index < -0.39 is 5.60 Å². The molecule has 3 nitrogen and oxygen atoms in total. The van der Waals surface area contributed by atoms with Crippen LogP contribution in [-0.2, 0) is 5.60 Å². The van der Waals surface area contributed by atoms with Crippen LogP contribution in [0.25, 0.3) is 0 Å². The molecule has 0 spiro atoms. The number of ether oxygens (including phenoxy) is 1. The maximum absolute atomic E-state index is 10.9. The minimum Gasteiger partial charge on any atom is -0.496 e. The van der Waals surface area contributed by atoms with Crippen LogP contribution in [0.15, 0.2) is 24.3 Å². The Hall–Kier alpha value is -1.06. The van der Waals surface area contributed by atoms with E-state index in [4.69, 9.17) is 4.74 Å². The van der Waals surface area contributed by atoms with Crippen LogP contribution in [-0.4, -0.2) is 36.8 Å². The maximum Gasteiger partial charge on any atom is 0.124 e. The van der Waals surface area contributed by atoms with Crippen LogP contribution >= 0.6 is 0 Å². The van der Waals surface area contributed by atoms with Crippen molar-refractivity contribution >= 4 is 0 Å². The van der Waals surface area contributed by atoms with Crippen molar-refractivity contribution in [2.24, 2.45) is 0 Å². The lowest BCUT2D eigenvalue weighted by Gasteiger charge is -2.29. The van der Waals surface area contributed by atoms with E-state index in [1.165, 1.54) is 0 Å². The summed E-state index contributed by atoms with van der Waals surface area (Å²) in [6.45, 7) is 5.26. The lowest BCUT2D eigenvalue weighted by Crippen LogP contribution is -2.29. The molecule has 3 heteroatoms. The minimum atomic E-state index is -0.740. The molecule has 1 aliphatic heterocycles. The Morgan fingerprint density at radius 3 is 2.78 bits per heavy atom. The summed E-state index contributed by atoms with van der Waals surface area (Å²) in [5.41, 5.74) is 0.196. The molecule has 1 heterocycles. The second kappa shape index (κ2) is 5.72. The third-order valence-electron chi connectivity index (χ3n) is 3.96. The number of rotatable bonds is 3. The average Bonchev–Trinajstić information content (AvgIpc) is 2.61. The molecular weight excluding hydrogens is 226 g/mol. The van der Waals surface area contributed by atoms with E-state index in [9.17, 15) is 5.11 Å². The molecular formula is C15H23NO2. The molecule has 1 saturated heterocycles. The van der Waals surface area contributed by atoms with Crippen LogP contribution in [0, 0.1) is 0 Å². The third-order valence-corrected chi connectivity index (χ3v) is 3.96. The number of likely N-dealkylation sites (tertiary alicyclic amines) is 1. The lowest BCUT2D eigenvalue weighted by molar-refractivity contribution is 0.0191. The van der Waals surface area contributed by atoms with E-state index in [-0.39, 0.29) is 0 Å². The fourth-order valence-corrected chi connectivity index (χ4v) is 2.79. The Labute approximate surface area is 109 Å². The monoisotopic (exact) mass is 249 g/mol. The third kappa shape index (κ3) is 2.68. The topological polar surface area (TPSA) is 32.7 Å². The SMILES string of the molecule is CCN1CCCC(O)(c2ccccc2OC)CC1. The normalized spacial score (nSPS) is 25.7. The smallest absolute Gasteiger partial charge is 0.124 e. The van der Waals surface area contributed by atoms with Crippen molar-refractivity contribution in [3.05, 3.63) is 29.8 Å². The van der Waals surface area contributed by atoms with E-state index in [1.807, 2.05) is 24.3 Å². The molecule has 1 atom stereocenters. The predicted octanol–water partition coefficient (Wildman–Crippen LogP) is 2.39. The number of hydrogen-bond acceptors (Lipinski definition) is 3. The first-order chi connectivity index (χ1) is 8.69. The van der Waals surface area contributed by atoms with Gasteiger partial charge in [0, 0.05) is 12.1 Å². The molecule has 2 rings (SSSR count). The zero-order chi connectivity index (χ0) is 13.0. The van der Waals surface area contributed by atoms with Gasteiger partial charge in [-0.05, 0) is 38.4 Å². The van der Waals surface area contributed by atoms with Gasteiger partial charge in [-0.15, -0.1) is 0 Å². The van der Waals surface area contributed by atoms with Gasteiger partial charge in [-0.1, -0.05) is 25.1 Å². The van der Waals surface area contributed by atoms with Gasteiger partial charge in [-0.2, -0.15) is 0 Å². The summed E-state index contributed by atoms with van der Waals surface area (Å²) in [5, 5.41) is 10.9. The first kappa shape index (κ1) is 13.4. The van der Waals surface area contributed by atoms with Crippen LogP contribution in [0.5, 0.6) is 5.75 Å². The molecule has 0 radical (unpaired) electrons. The zero-order valence-electron chi connectivity index (χ0n) is 11.4. The van der Waals surface area contributed by atoms with Gasteiger partial charge < -0.3 is 14.7 Å². The van der Waals surface area contributed by atoms with Gasteiger partial charge in [-0.25, -0.2) is 0 Å². The lowest BCUT2D eigenvalue weighted by atomic mass is 9.86. The number of hydrogen-bond donors (Lipinski definition) is 1. The predicted molar refractivity (Wildman–Crippen MR) is 72.9 cm³/mol. The quantitative estimate of drug-likeness (QED) is 0.893. The number of nitrogens with zero attached hydrogens (tertiary/aromatic N) is 1. The standard InChI is InChI=1S/C15H23NO2/c1-3-16-11-6-9-15(17,10-12-16)13-7-4-5-8-14(13)18-2/h4-5,7-8,17H,3,6,9-12H2,1-2H3. The molecule has 1 N–H and O–H groups in total. The van der Waals surface area contributed by atoms with Gasteiger partial charge in [-0.3, -0.25) is 0 Å². The van der Waals surface area contributed by atoms with Crippen molar-refractivity contribution < 1.29 is 9.84 Å². The zero-order valence-corrected chi connectivity index (χ0v) is 11.4. The number of aliphatic hydroxyl groups is 1. The van der Waals surface area contributed by atoms with Gasteiger partial charge in [0.25, 0.3) is 0 Å². The van der Waals surface area contributed by atoms with Crippen molar-refractivity contribution in [3.8, 4) is 5.75 Å². The van der Waals surface area contributed by atoms with Gasteiger partial charge in [0.1, 0.15) is 5.75 Å². The van der Waals surface area contributed by atoms with Crippen molar-refractivity contribution in [2.75, 3.05) is 26.7 Å². The van der Waals surface area contributed by atoms with Crippen LogP contribution < -0.4 is 4.74 Å². The summed E-state index contributed by atoms with van der Waals surface area (Å²) < 4.78 is 5.38. The van der Waals surface area contributed by atoms with E-state index in [2.05, 4.69) is 11.8 Å². The highest BCUT2D eigenvalue weighted by Gasteiger charge is 2.33. The highest BCUT2D eigenvalue weighted by molar-refractivity contribution is 5.38. The van der Waals surface area contributed by atoms with Crippen LogP contribution in [0.1, 0.15) is 31.7 Å². The fraction of sp³-hybridized carbons (Fsp3) is 0.600. The van der Waals surface area contributed by atoms with Gasteiger partial charge in [0.05, 0.1) is 12.7 Å². The molecule has 1 aromatic rings. The Bertz CT molecular complexity index is 394. The van der Waals surface area contributed by atoms with Crippen molar-refractivity contribution in [2.45, 2.75) is 31.8 Å². The van der Waals surface area contributed by atoms with Crippen molar-refractivity contribution in [3.63, 3.8) is 0 Å². The largest absolute Gasteiger partial charge is 0.496 e. The molecule has 0 aromatic heterocycles. The molecule has 100 valence electrons. The molecule has 0 amide bonds. The molecule has 1 unspecified atom stereocenters. The second-order valence-corrected chi connectivity index (χ2v) is 5.02. The summed E-state index contributed by atoms with van der Waals surface area (Å²) >= 11 is 0. The maximum atomic E-state index is 10.9. The van der Waals surface area contributed by atoms with Crippen LogP contribution in [0.4, 0.5) is 0 Å². The van der Waals surface area contributed by atoms with E-state index in [1.54, 1.807) is 7.11 Å². The molecule has 18 heavy (non-hydrogen) atoms.